The van der Waals surface area contributed by atoms with Gasteiger partial charge in [-0.15, -0.1) is 0 Å². The maximum Gasteiger partial charge on any atom is 0.119 e. The molecule has 4 aromatic carbocycles. The molecule has 2 aliphatic heterocycles. The molecule has 6 nitrogen and oxygen atoms in total. The van der Waals surface area contributed by atoms with Gasteiger partial charge in [-0.25, -0.2) is 0 Å². The molecule has 42 heavy (non-hydrogen) atoms. The third kappa shape index (κ3) is 6.66. The van der Waals surface area contributed by atoms with Crippen molar-refractivity contribution >= 4 is 10.8 Å². The van der Waals surface area contributed by atoms with Crippen LogP contribution < -0.4 is 4.74 Å². The van der Waals surface area contributed by atoms with Crippen LogP contribution in [0.4, 0.5) is 0 Å². The zero-order chi connectivity index (χ0) is 28.7. The third-order valence-corrected chi connectivity index (χ3v) is 9.45. The fraction of sp³-hybridized carbons (Fsp3) is 0.314. The van der Waals surface area contributed by atoms with Crippen molar-refractivity contribution in [1.82, 2.24) is 0 Å². The molecule has 0 radical (unpaired) electrons. The zero-order valence-corrected chi connectivity index (χ0v) is 24.5. The van der Waals surface area contributed by atoms with Gasteiger partial charge in [0.25, 0.3) is 0 Å². The number of methoxy groups -OCH3 is 1. The number of benzene rings is 4. The van der Waals surface area contributed by atoms with Crippen molar-refractivity contribution in [3.8, 4) is 5.75 Å². The van der Waals surface area contributed by atoms with Crippen LogP contribution >= 0.6 is 0 Å². The molecule has 7 heteroatoms. The van der Waals surface area contributed by atoms with E-state index in [1.807, 2.05) is 97.1 Å². The Hall–Kier alpha value is -3.33. The van der Waals surface area contributed by atoms with E-state index in [0.717, 1.165) is 27.1 Å². The summed E-state index contributed by atoms with van der Waals surface area (Å²) in [6.45, 7) is 1.60. The Labute approximate surface area is 250 Å². The van der Waals surface area contributed by atoms with Crippen LogP contribution in [0.1, 0.15) is 28.4 Å². The second-order valence-corrected chi connectivity index (χ2v) is 12.2. The van der Waals surface area contributed by atoms with E-state index in [9.17, 15) is 4.21 Å². The largest absolute Gasteiger partial charge is 0.497 e. The van der Waals surface area contributed by atoms with Crippen molar-refractivity contribution in [3.05, 3.63) is 131 Å². The molecule has 2 heterocycles. The van der Waals surface area contributed by atoms with Gasteiger partial charge in [0.05, 0.1) is 56.5 Å². The Balaban J connectivity index is 1.32. The van der Waals surface area contributed by atoms with Gasteiger partial charge in [0.15, 0.2) is 0 Å². The molecule has 0 amide bonds. The van der Waals surface area contributed by atoms with Crippen LogP contribution in [0.25, 0.3) is 0 Å². The van der Waals surface area contributed by atoms with Crippen molar-refractivity contribution in [2.45, 2.75) is 49.1 Å². The maximum absolute atomic E-state index is 13.5. The van der Waals surface area contributed by atoms with Gasteiger partial charge in [-0.2, -0.15) is 0 Å². The molecule has 0 aliphatic carbocycles. The van der Waals surface area contributed by atoms with E-state index in [1.54, 1.807) is 7.11 Å². The summed E-state index contributed by atoms with van der Waals surface area (Å²) >= 11 is 0. The molecule has 4 aromatic rings. The molecule has 0 bridgehead atoms. The zero-order valence-electron chi connectivity index (χ0n) is 23.7. The highest BCUT2D eigenvalue weighted by Gasteiger charge is 2.51. The molecule has 1 fully saturated rings. The Morgan fingerprint density at radius 1 is 0.738 bits per heavy atom. The van der Waals surface area contributed by atoms with Gasteiger partial charge < -0.3 is 23.7 Å². The maximum atomic E-state index is 13.5. The first-order chi connectivity index (χ1) is 20.7. The van der Waals surface area contributed by atoms with Gasteiger partial charge in [0, 0.05) is 22.1 Å². The molecule has 218 valence electrons. The number of fused-ring (bicyclic) bond motifs is 3. The fourth-order valence-corrected chi connectivity index (χ4v) is 7.33. The first kappa shape index (κ1) is 28.8. The van der Waals surface area contributed by atoms with E-state index in [1.165, 1.54) is 0 Å². The monoisotopic (exact) mass is 584 g/mol. The average Bonchev–Trinajstić information content (AvgIpc) is 3.04. The molecule has 1 saturated heterocycles. The quantitative estimate of drug-likeness (QED) is 0.207. The fourth-order valence-electron chi connectivity index (χ4n) is 5.78. The van der Waals surface area contributed by atoms with Crippen LogP contribution in [0.3, 0.4) is 0 Å². The smallest absolute Gasteiger partial charge is 0.119 e. The predicted octanol–water partition coefficient (Wildman–Crippen LogP) is 6.26. The number of rotatable bonds is 11. The van der Waals surface area contributed by atoms with Crippen LogP contribution in [0.2, 0.25) is 0 Å². The second-order valence-electron chi connectivity index (χ2n) is 10.7. The molecule has 6 atom stereocenters. The number of ether oxygens (including phenoxy) is 5. The summed E-state index contributed by atoms with van der Waals surface area (Å²) in [6, 6.07) is 36.0. The van der Waals surface area contributed by atoms with Crippen LogP contribution in [-0.4, -0.2) is 42.0 Å². The van der Waals surface area contributed by atoms with E-state index >= 15 is 0 Å². The van der Waals surface area contributed by atoms with Crippen molar-refractivity contribution in [2.75, 3.05) is 19.5 Å². The minimum atomic E-state index is -1.21. The Bertz CT molecular complexity index is 1450. The lowest BCUT2D eigenvalue weighted by molar-refractivity contribution is -0.244. The van der Waals surface area contributed by atoms with Crippen LogP contribution in [-0.2, 0) is 49.6 Å². The van der Waals surface area contributed by atoms with Crippen LogP contribution in [0.15, 0.2) is 114 Å². The van der Waals surface area contributed by atoms with Gasteiger partial charge in [0.2, 0.25) is 0 Å². The topological polar surface area (TPSA) is 63.2 Å². The number of hydrogen-bond donors (Lipinski definition) is 0. The van der Waals surface area contributed by atoms with E-state index in [2.05, 4.69) is 12.1 Å². The summed E-state index contributed by atoms with van der Waals surface area (Å²) in [4.78, 5) is 0.784. The minimum Gasteiger partial charge on any atom is -0.497 e. The Morgan fingerprint density at radius 3 is 1.90 bits per heavy atom. The highest BCUT2D eigenvalue weighted by atomic mass is 32.2. The van der Waals surface area contributed by atoms with E-state index < -0.39 is 23.0 Å². The van der Waals surface area contributed by atoms with Crippen LogP contribution in [0.5, 0.6) is 5.75 Å². The Kier molecular flexibility index (Phi) is 9.43. The van der Waals surface area contributed by atoms with E-state index in [-0.39, 0.29) is 18.1 Å². The summed E-state index contributed by atoms with van der Waals surface area (Å²) in [6.07, 6.45) is -1.56. The molecule has 0 saturated carbocycles. The van der Waals surface area contributed by atoms with E-state index in [4.69, 9.17) is 23.7 Å². The van der Waals surface area contributed by atoms with Gasteiger partial charge in [-0.05, 0) is 34.9 Å². The molecule has 0 aromatic heterocycles. The van der Waals surface area contributed by atoms with Crippen molar-refractivity contribution in [2.24, 2.45) is 5.92 Å². The summed E-state index contributed by atoms with van der Waals surface area (Å²) in [7, 11) is 0.428. The van der Waals surface area contributed by atoms with Gasteiger partial charge in [0.1, 0.15) is 18.0 Å². The first-order valence-electron chi connectivity index (χ1n) is 14.3. The first-order valence-corrected chi connectivity index (χ1v) is 15.7. The molecule has 6 rings (SSSR count). The summed E-state index contributed by atoms with van der Waals surface area (Å²) < 4.78 is 45.6. The Morgan fingerprint density at radius 2 is 1.31 bits per heavy atom. The lowest BCUT2D eigenvalue weighted by Crippen LogP contribution is -2.57. The van der Waals surface area contributed by atoms with Gasteiger partial charge in [-0.1, -0.05) is 91.0 Å². The molecule has 0 spiro atoms. The molecular weight excluding hydrogens is 548 g/mol. The van der Waals surface area contributed by atoms with E-state index in [0.29, 0.717) is 37.9 Å². The lowest BCUT2D eigenvalue weighted by atomic mass is 9.83. The highest BCUT2D eigenvalue weighted by molar-refractivity contribution is 7.85. The van der Waals surface area contributed by atoms with Crippen LogP contribution in [0, 0.1) is 5.92 Å². The highest BCUT2D eigenvalue weighted by Crippen LogP contribution is 2.46. The SMILES string of the molecule is COc1ccc2c(c1)[C@H]1O[C@H](COCc3ccccc3)[C@@H](OCc3ccccc3)[C@H](OCc3ccccc3)[C@H]1C[S@@]2=O. The minimum absolute atomic E-state index is 0.180. The molecule has 0 unspecified atom stereocenters. The van der Waals surface area contributed by atoms with Gasteiger partial charge >= 0.3 is 0 Å². The molecule has 2 aliphatic rings. The normalized spacial score (nSPS) is 24.9. The van der Waals surface area contributed by atoms with Crippen molar-refractivity contribution in [1.29, 1.82) is 0 Å². The van der Waals surface area contributed by atoms with Gasteiger partial charge in [-0.3, -0.25) is 4.21 Å². The summed E-state index contributed by atoms with van der Waals surface area (Å²) in [5.74, 6) is 0.947. The summed E-state index contributed by atoms with van der Waals surface area (Å²) in [5, 5.41) is 0. The van der Waals surface area contributed by atoms with Crippen molar-refractivity contribution in [3.63, 3.8) is 0 Å². The van der Waals surface area contributed by atoms with Crippen molar-refractivity contribution < 1.29 is 27.9 Å². The average molecular weight is 585 g/mol. The second kappa shape index (κ2) is 13.8. The summed E-state index contributed by atoms with van der Waals surface area (Å²) in [5.41, 5.74) is 4.10. The molecular formula is C35H36O6S. The number of hydrogen-bond acceptors (Lipinski definition) is 6. The lowest BCUT2D eigenvalue weighted by Gasteiger charge is -2.48. The third-order valence-electron chi connectivity index (χ3n) is 7.90. The standard InChI is InChI=1S/C35H36O6S/c1-37-28-17-18-32-29(19-28)33-30(24-42(32)36)34(39-21-26-13-7-3-8-14-26)35(40-22-27-15-9-4-10-16-27)31(41-33)23-38-20-25-11-5-2-6-12-25/h2-19,30-31,33-35H,20-24H2,1H3/t30-,31+,33+,34+,35+,42-/m0/s1. The predicted molar refractivity (Wildman–Crippen MR) is 162 cm³/mol. The molecule has 0 N–H and O–H groups in total.